The Balaban J connectivity index is -0.000000180. The van der Waals surface area contributed by atoms with Crippen LogP contribution in [0.1, 0.15) is 13.8 Å². The van der Waals surface area contributed by atoms with E-state index >= 15 is 0 Å². The van der Waals surface area contributed by atoms with Gasteiger partial charge in [-0.3, -0.25) is 9.59 Å². The number of carbonyl (C=O) groups excluding carboxylic acids is 2. The molecule has 0 heterocycles. The van der Waals surface area contributed by atoms with Crippen molar-refractivity contribution in [1.29, 1.82) is 0 Å². The fraction of sp³-hybridized carbons (Fsp3) is 0.500. The molecule has 8 nitrogen and oxygen atoms in total. The van der Waals surface area contributed by atoms with E-state index in [1.807, 2.05) is 0 Å². The molecule has 0 saturated carbocycles. The van der Waals surface area contributed by atoms with Crippen molar-refractivity contribution >= 4 is 30.5 Å². The summed E-state index contributed by atoms with van der Waals surface area (Å²) >= 11 is 0. The van der Waals surface area contributed by atoms with Crippen LogP contribution < -0.4 is 0 Å². The molecular weight excluding hydrogens is 347 g/mol. The summed E-state index contributed by atoms with van der Waals surface area (Å²) < 4.78 is 56.6. The Bertz CT molecular complexity index is 376. The third-order valence-corrected chi connectivity index (χ3v) is 2.11. The summed E-state index contributed by atoms with van der Waals surface area (Å²) in [4.78, 5) is 19.1. The monoisotopic (exact) mass is 352 g/mol. The molecule has 0 aliphatic rings. The molecular formula is C4H6O8PdS2. The van der Waals surface area contributed by atoms with Gasteiger partial charge in [0.25, 0.3) is 0 Å². The second kappa shape index (κ2) is 7.15. The topological polar surface area (TPSA) is 149 Å². The molecule has 0 atom stereocenters. The standard InChI is InChI=1S/2C2H4O4S.Pd/c2*1-2(3)7(4,5)6;/h2*1H3,(H,4,5,6);/q;;+2/p-2. The average Bonchev–Trinajstić information content (AvgIpc) is 1.83. The summed E-state index contributed by atoms with van der Waals surface area (Å²) in [5, 5.41) is -2.68. The predicted octanol–water partition coefficient (Wildman–Crippen LogP) is -1.85. The number of carbonyl (C=O) groups is 2. The van der Waals surface area contributed by atoms with Gasteiger partial charge in [0.1, 0.15) is 0 Å². The molecule has 0 aliphatic carbocycles. The van der Waals surface area contributed by atoms with Gasteiger partial charge < -0.3 is 9.11 Å². The summed E-state index contributed by atoms with van der Waals surface area (Å²) in [5.41, 5.74) is 0. The van der Waals surface area contributed by atoms with Crippen molar-refractivity contribution in [1.82, 2.24) is 0 Å². The maximum Gasteiger partial charge on any atom is 2.00 e. The largest absolute Gasteiger partial charge is 2.00 e. The molecule has 0 bridgehead atoms. The van der Waals surface area contributed by atoms with Crippen molar-refractivity contribution in [2.24, 2.45) is 0 Å². The third kappa shape index (κ3) is 13.8. The fourth-order valence-corrected chi connectivity index (χ4v) is 0. The van der Waals surface area contributed by atoms with E-state index in [1.165, 1.54) is 0 Å². The predicted molar refractivity (Wildman–Crippen MR) is 40.8 cm³/mol. The van der Waals surface area contributed by atoms with Crippen LogP contribution in [0.2, 0.25) is 0 Å². The maximum atomic E-state index is 9.56. The molecule has 11 heteroatoms. The van der Waals surface area contributed by atoms with Gasteiger partial charge in [-0.2, -0.15) is 0 Å². The van der Waals surface area contributed by atoms with E-state index in [2.05, 4.69) is 0 Å². The molecule has 0 aromatic carbocycles. The van der Waals surface area contributed by atoms with Crippen LogP contribution in [0, 0.1) is 0 Å². The summed E-state index contributed by atoms with van der Waals surface area (Å²) in [6, 6.07) is 0. The van der Waals surface area contributed by atoms with Crippen molar-refractivity contribution in [2.75, 3.05) is 0 Å². The number of hydrogen-bond donors (Lipinski definition) is 0. The average molecular weight is 353 g/mol. The van der Waals surface area contributed by atoms with Crippen LogP contribution in [-0.4, -0.2) is 36.2 Å². The molecule has 0 rings (SSSR count). The number of hydrogen-bond acceptors (Lipinski definition) is 8. The van der Waals surface area contributed by atoms with Gasteiger partial charge in [-0.05, 0) is 0 Å². The zero-order chi connectivity index (χ0) is 12.2. The van der Waals surface area contributed by atoms with E-state index in [4.69, 9.17) is 0 Å². The van der Waals surface area contributed by atoms with Crippen LogP contribution in [0.4, 0.5) is 0 Å². The van der Waals surface area contributed by atoms with Crippen LogP contribution in [0.25, 0.3) is 0 Å². The van der Waals surface area contributed by atoms with E-state index in [0.29, 0.717) is 13.8 Å². The van der Waals surface area contributed by atoms with E-state index < -0.39 is 30.5 Å². The van der Waals surface area contributed by atoms with E-state index in [0.717, 1.165) is 0 Å². The molecule has 0 aliphatic heterocycles. The molecule has 0 aromatic rings. The second-order valence-electron chi connectivity index (χ2n) is 1.89. The first kappa shape index (κ1) is 20.3. The minimum absolute atomic E-state index is 0. The van der Waals surface area contributed by atoms with E-state index in [1.54, 1.807) is 0 Å². The van der Waals surface area contributed by atoms with Crippen LogP contribution in [0.5, 0.6) is 0 Å². The summed E-state index contributed by atoms with van der Waals surface area (Å²) in [5.74, 6) is 0. The van der Waals surface area contributed by atoms with Gasteiger partial charge in [0.15, 0.2) is 20.2 Å². The Kier molecular flexibility index (Phi) is 9.66. The first-order valence-electron chi connectivity index (χ1n) is 2.82. The second-order valence-corrected chi connectivity index (χ2v) is 4.86. The third-order valence-electron chi connectivity index (χ3n) is 0.704. The van der Waals surface area contributed by atoms with Crippen molar-refractivity contribution in [2.45, 2.75) is 13.8 Å². The quantitative estimate of drug-likeness (QED) is 0.364. The minimum atomic E-state index is -4.63. The smallest absolute Gasteiger partial charge is 0.742 e. The van der Waals surface area contributed by atoms with Crippen LogP contribution >= 0.6 is 0 Å². The van der Waals surface area contributed by atoms with Crippen LogP contribution in [0.15, 0.2) is 0 Å². The molecule has 0 radical (unpaired) electrons. The van der Waals surface area contributed by atoms with Gasteiger partial charge in [-0.15, -0.1) is 0 Å². The summed E-state index contributed by atoms with van der Waals surface area (Å²) in [7, 11) is -9.26. The zero-order valence-electron chi connectivity index (χ0n) is 7.40. The first-order valence-corrected chi connectivity index (χ1v) is 5.63. The summed E-state index contributed by atoms with van der Waals surface area (Å²) in [6.45, 7) is 1.42. The van der Waals surface area contributed by atoms with E-state index in [9.17, 15) is 35.5 Å². The van der Waals surface area contributed by atoms with Crippen LogP contribution in [0.3, 0.4) is 0 Å². The molecule has 0 fully saturated rings. The molecule has 0 aromatic heterocycles. The van der Waals surface area contributed by atoms with Crippen molar-refractivity contribution in [3.8, 4) is 0 Å². The van der Waals surface area contributed by atoms with Crippen LogP contribution in [-0.2, 0) is 50.2 Å². The van der Waals surface area contributed by atoms with Gasteiger partial charge in [0.05, 0.1) is 0 Å². The number of rotatable bonds is 0. The molecule has 0 N–H and O–H groups in total. The fourth-order valence-electron chi connectivity index (χ4n) is 0. The zero-order valence-corrected chi connectivity index (χ0v) is 10.6. The van der Waals surface area contributed by atoms with Gasteiger partial charge in [0, 0.05) is 13.8 Å². The van der Waals surface area contributed by atoms with Gasteiger partial charge in [-0.1, -0.05) is 0 Å². The summed E-state index contributed by atoms with van der Waals surface area (Å²) in [6.07, 6.45) is 0. The van der Waals surface area contributed by atoms with Gasteiger partial charge >= 0.3 is 20.4 Å². The van der Waals surface area contributed by atoms with Gasteiger partial charge in [-0.25, -0.2) is 16.8 Å². The Morgan fingerprint density at radius 3 is 0.867 bits per heavy atom. The molecule has 92 valence electrons. The normalized spacial score (nSPS) is 10.4. The van der Waals surface area contributed by atoms with E-state index in [-0.39, 0.29) is 20.4 Å². The first-order chi connectivity index (χ1) is 5.89. The Morgan fingerprint density at radius 2 is 0.867 bits per heavy atom. The van der Waals surface area contributed by atoms with Crippen molar-refractivity contribution in [3.05, 3.63) is 0 Å². The molecule has 15 heavy (non-hydrogen) atoms. The van der Waals surface area contributed by atoms with Gasteiger partial charge in [0.2, 0.25) is 10.2 Å². The SMILES string of the molecule is CC(=O)S(=O)(=O)[O-].CC(=O)S(=O)(=O)[O-].[Pd+2]. The molecule has 0 spiro atoms. The minimum Gasteiger partial charge on any atom is -0.742 e. The Hall–Kier alpha value is -0.178. The van der Waals surface area contributed by atoms with Crippen molar-refractivity contribution in [3.63, 3.8) is 0 Å². The Labute approximate surface area is 100 Å². The Morgan fingerprint density at radius 1 is 0.800 bits per heavy atom. The molecule has 0 saturated heterocycles. The molecule has 0 amide bonds. The molecule has 0 unspecified atom stereocenters. The van der Waals surface area contributed by atoms with Crippen molar-refractivity contribution < 1.29 is 56.0 Å². The maximum absolute atomic E-state index is 9.56.